The smallest absolute Gasteiger partial charge is 0.0223 e. The topological polar surface area (TPSA) is 15.3 Å². The largest absolute Gasteiger partial charge is 0.312 e. The molecule has 3 fully saturated rings. The molecule has 3 rings (SSSR count). The summed E-state index contributed by atoms with van der Waals surface area (Å²) in [7, 11) is 0. The number of hydrogen-bond acceptors (Lipinski definition) is 2. The average Bonchev–Trinajstić information content (AvgIpc) is 3.01. The standard InChI is InChI=1S/C14H26N2/c1-14(6-2-7-14)11-16-9-3-8-15-13(10-16)12-4-5-12/h12-13,15H,2-11H2,1H3. The predicted molar refractivity (Wildman–Crippen MR) is 67.5 cm³/mol. The van der Waals surface area contributed by atoms with Crippen LogP contribution in [0.1, 0.15) is 45.4 Å². The zero-order valence-electron chi connectivity index (χ0n) is 10.7. The zero-order chi connectivity index (χ0) is 11.0. The third-order valence-corrected chi connectivity index (χ3v) is 4.87. The van der Waals surface area contributed by atoms with Crippen LogP contribution in [0.2, 0.25) is 0 Å². The van der Waals surface area contributed by atoms with E-state index in [1.165, 1.54) is 64.7 Å². The van der Waals surface area contributed by atoms with Crippen LogP contribution in [-0.4, -0.2) is 37.1 Å². The SMILES string of the molecule is CC1(CN2CCCNC(C3CC3)C2)CCC1. The lowest BCUT2D eigenvalue weighted by Crippen LogP contribution is -2.45. The van der Waals surface area contributed by atoms with E-state index in [1.54, 1.807) is 0 Å². The number of nitrogens with zero attached hydrogens (tertiary/aromatic N) is 1. The Bertz CT molecular complexity index is 243. The Morgan fingerprint density at radius 2 is 2.06 bits per heavy atom. The van der Waals surface area contributed by atoms with E-state index in [2.05, 4.69) is 17.1 Å². The Hall–Kier alpha value is -0.0800. The minimum atomic E-state index is 0.665. The van der Waals surface area contributed by atoms with Gasteiger partial charge in [0.1, 0.15) is 0 Å². The molecule has 1 unspecified atom stereocenters. The highest BCUT2D eigenvalue weighted by molar-refractivity contribution is 4.93. The molecule has 1 saturated heterocycles. The van der Waals surface area contributed by atoms with Crippen molar-refractivity contribution >= 4 is 0 Å². The summed E-state index contributed by atoms with van der Waals surface area (Å²) in [6.07, 6.45) is 8.69. The van der Waals surface area contributed by atoms with Gasteiger partial charge < -0.3 is 10.2 Å². The number of hydrogen-bond donors (Lipinski definition) is 1. The van der Waals surface area contributed by atoms with E-state index < -0.39 is 0 Å². The molecule has 0 aromatic carbocycles. The molecule has 2 nitrogen and oxygen atoms in total. The normalized spacial score (nSPS) is 35.4. The first-order valence-electron chi connectivity index (χ1n) is 7.21. The predicted octanol–water partition coefficient (Wildman–Crippen LogP) is 2.25. The molecular weight excluding hydrogens is 196 g/mol. The van der Waals surface area contributed by atoms with Crippen molar-refractivity contribution < 1.29 is 0 Å². The maximum Gasteiger partial charge on any atom is 0.0223 e. The molecule has 16 heavy (non-hydrogen) atoms. The van der Waals surface area contributed by atoms with Gasteiger partial charge in [0, 0.05) is 19.1 Å². The van der Waals surface area contributed by atoms with Gasteiger partial charge in [-0.3, -0.25) is 0 Å². The zero-order valence-corrected chi connectivity index (χ0v) is 10.7. The molecule has 0 bridgehead atoms. The Labute approximate surface area is 99.8 Å². The summed E-state index contributed by atoms with van der Waals surface area (Å²) in [5.74, 6) is 1.01. The summed E-state index contributed by atoms with van der Waals surface area (Å²) in [5, 5.41) is 3.75. The van der Waals surface area contributed by atoms with Crippen LogP contribution in [0, 0.1) is 11.3 Å². The van der Waals surface area contributed by atoms with Crippen LogP contribution in [0.3, 0.4) is 0 Å². The molecule has 1 atom stereocenters. The van der Waals surface area contributed by atoms with Crippen LogP contribution >= 0.6 is 0 Å². The van der Waals surface area contributed by atoms with Gasteiger partial charge in [-0.15, -0.1) is 0 Å². The molecule has 2 heteroatoms. The first-order valence-corrected chi connectivity index (χ1v) is 7.21. The van der Waals surface area contributed by atoms with Crippen LogP contribution in [0.4, 0.5) is 0 Å². The van der Waals surface area contributed by atoms with Crippen LogP contribution in [0.5, 0.6) is 0 Å². The highest BCUT2D eigenvalue weighted by Crippen LogP contribution is 2.41. The van der Waals surface area contributed by atoms with Gasteiger partial charge >= 0.3 is 0 Å². The minimum Gasteiger partial charge on any atom is -0.312 e. The molecule has 1 N–H and O–H groups in total. The minimum absolute atomic E-state index is 0.665. The van der Waals surface area contributed by atoms with E-state index in [4.69, 9.17) is 0 Å². The van der Waals surface area contributed by atoms with Gasteiger partial charge in [-0.1, -0.05) is 13.3 Å². The second kappa shape index (κ2) is 4.30. The Morgan fingerprint density at radius 3 is 2.69 bits per heavy atom. The number of rotatable bonds is 3. The fourth-order valence-electron chi connectivity index (χ4n) is 3.46. The van der Waals surface area contributed by atoms with E-state index in [0.29, 0.717) is 5.41 Å². The van der Waals surface area contributed by atoms with E-state index >= 15 is 0 Å². The van der Waals surface area contributed by atoms with Gasteiger partial charge in [0.05, 0.1) is 0 Å². The molecule has 1 aliphatic heterocycles. The van der Waals surface area contributed by atoms with Gasteiger partial charge in [0.15, 0.2) is 0 Å². The average molecular weight is 222 g/mol. The lowest BCUT2D eigenvalue weighted by atomic mass is 9.70. The lowest BCUT2D eigenvalue weighted by molar-refractivity contribution is 0.0830. The summed E-state index contributed by atoms with van der Waals surface area (Å²) in [6, 6.07) is 0.811. The first kappa shape index (κ1) is 11.0. The Morgan fingerprint density at radius 1 is 1.25 bits per heavy atom. The molecular formula is C14H26N2. The van der Waals surface area contributed by atoms with E-state index in [0.717, 1.165) is 12.0 Å². The molecule has 0 aromatic heterocycles. The van der Waals surface area contributed by atoms with Crippen molar-refractivity contribution in [2.45, 2.75) is 51.5 Å². The van der Waals surface area contributed by atoms with Crippen molar-refractivity contribution in [3.05, 3.63) is 0 Å². The molecule has 0 aromatic rings. The van der Waals surface area contributed by atoms with E-state index in [-0.39, 0.29) is 0 Å². The van der Waals surface area contributed by atoms with E-state index in [9.17, 15) is 0 Å². The van der Waals surface area contributed by atoms with E-state index in [1.807, 2.05) is 0 Å². The van der Waals surface area contributed by atoms with Crippen LogP contribution < -0.4 is 5.32 Å². The summed E-state index contributed by atoms with van der Waals surface area (Å²) in [5.41, 5.74) is 0.665. The fraction of sp³-hybridized carbons (Fsp3) is 1.00. The fourth-order valence-corrected chi connectivity index (χ4v) is 3.46. The van der Waals surface area contributed by atoms with Crippen molar-refractivity contribution in [1.29, 1.82) is 0 Å². The summed E-state index contributed by atoms with van der Waals surface area (Å²) in [6.45, 7) is 7.74. The molecule has 2 saturated carbocycles. The summed E-state index contributed by atoms with van der Waals surface area (Å²) in [4.78, 5) is 2.75. The van der Waals surface area contributed by atoms with Crippen LogP contribution in [-0.2, 0) is 0 Å². The summed E-state index contributed by atoms with van der Waals surface area (Å²) < 4.78 is 0. The quantitative estimate of drug-likeness (QED) is 0.788. The molecule has 3 aliphatic rings. The van der Waals surface area contributed by atoms with Gasteiger partial charge in [-0.25, -0.2) is 0 Å². The molecule has 92 valence electrons. The van der Waals surface area contributed by atoms with Crippen molar-refractivity contribution in [3.8, 4) is 0 Å². The lowest BCUT2D eigenvalue weighted by Gasteiger charge is -2.42. The maximum absolute atomic E-state index is 3.75. The van der Waals surface area contributed by atoms with Gasteiger partial charge in [-0.2, -0.15) is 0 Å². The second-order valence-electron chi connectivity index (χ2n) is 6.65. The molecule has 2 aliphatic carbocycles. The highest BCUT2D eigenvalue weighted by atomic mass is 15.2. The van der Waals surface area contributed by atoms with Gasteiger partial charge in [0.25, 0.3) is 0 Å². The molecule has 0 spiro atoms. The van der Waals surface area contributed by atoms with Gasteiger partial charge in [-0.05, 0) is 56.5 Å². The third kappa shape index (κ3) is 2.43. The molecule has 1 heterocycles. The van der Waals surface area contributed by atoms with Gasteiger partial charge in [0.2, 0.25) is 0 Å². The highest BCUT2D eigenvalue weighted by Gasteiger charge is 2.37. The van der Waals surface area contributed by atoms with Crippen molar-refractivity contribution in [2.24, 2.45) is 11.3 Å². The van der Waals surface area contributed by atoms with Crippen molar-refractivity contribution in [3.63, 3.8) is 0 Å². The monoisotopic (exact) mass is 222 g/mol. The van der Waals surface area contributed by atoms with Crippen LogP contribution in [0.15, 0.2) is 0 Å². The second-order valence-corrected chi connectivity index (χ2v) is 6.65. The van der Waals surface area contributed by atoms with Crippen molar-refractivity contribution in [2.75, 3.05) is 26.2 Å². The molecule has 0 radical (unpaired) electrons. The third-order valence-electron chi connectivity index (χ3n) is 4.87. The summed E-state index contributed by atoms with van der Waals surface area (Å²) >= 11 is 0. The van der Waals surface area contributed by atoms with Crippen molar-refractivity contribution in [1.82, 2.24) is 10.2 Å². The molecule has 0 amide bonds. The maximum atomic E-state index is 3.75. The first-order chi connectivity index (χ1) is 7.75. The number of nitrogens with one attached hydrogen (secondary N) is 1. The Balaban J connectivity index is 1.55. The Kier molecular flexibility index (Phi) is 2.97. The van der Waals surface area contributed by atoms with Crippen LogP contribution in [0.25, 0.3) is 0 Å².